The van der Waals surface area contributed by atoms with Crippen molar-refractivity contribution in [3.05, 3.63) is 32.8 Å². The summed E-state index contributed by atoms with van der Waals surface area (Å²) in [7, 11) is 0. The van der Waals surface area contributed by atoms with Gasteiger partial charge in [0.1, 0.15) is 0 Å². The molecule has 1 aromatic rings. The molecule has 0 saturated carbocycles. The van der Waals surface area contributed by atoms with Gasteiger partial charge in [0.05, 0.1) is 15.1 Å². The van der Waals surface area contributed by atoms with Crippen molar-refractivity contribution in [3.63, 3.8) is 0 Å². The second kappa shape index (κ2) is 6.32. The van der Waals surface area contributed by atoms with Crippen molar-refractivity contribution in [2.75, 3.05) is 13.1 Å². The zero-order valence-electron chi connectivity index (χ0n) is 8.60. The van der Waals surface area contributed by atoms with Crippen molar-refractivity contribution in [1.29, 1.82) is 0 Å². The second-order valence-corrected chi connectivity index (χ2v) is 5.02. The lowest BCUT2D eigenvalue weighted by molar-refractivity contribution is 0.460. The van der Waals surface area contributed by atoms with Crippen LogP contribution in [0.2, 0.25) is 15.1 Å². The molecular formula is C11H13Cl4N. The molecule has 1 aliphatic rings. The van der Waals surface area contributed by atoms with Crippen molar-refractivity contribution in [2.45, 2.75) is 18.8 Å². The fraction of sp³-hybridized carbons (Fsp3) is 0.455. The number of benzene rings is 1. The highest BCUT2D eigenvalue weighted by molar-refractivity contribution is 6.48. The minimum Gasteiger partial charge on any atom is -0.317 e. The Morgan fingerprint density at radius 1 is 1.00 bits per heavy atom. The van der Waals surface area contributed by atoms with E-state index in [2.05, 4.69) is 5.32 Å². The van der Waals surface area contributed by atoms with Gasteiger partial charge in [-0.05, 0) is 49.5 Å². The van der Waals surface area contributed by atoms with Crippen molar-refractivity contribution in [3.8, 4) is 0 Å². The monoisotopic (exact) mass is 299 g/mol. The first-order valence-corrected chi connectivity index (χ1v) is 6.17. The molecule has 0 unspecified atom stereocenters. The highest BCUT2D eigenvalue weighted by Gasteiger charge is 2.17. The average Bonchev–Trinajstić information content (AvgIpc) is 2.26. The molecule has 0 amide bonds. The molecule has 1 saturated heterocycles. The average molecular weight is 301 g/mol. The van der Waals surface area contributed by atoms with E-state index in [4.69, 9.17) is 34.8 Å². The lowest BCUT2D eigenvalue weighted by Gasteiger charge is -2.23. The Balaban J connectivity index is 0.00000128. The normalized spacial score (nSPS) is 16.9. The molecule has 1 aliphatic heterocycles. The predicted molar refractivity (Wildman–Crippen MR) is 73.6 cm³/mol. The van der Waals surface area contributed by atoms with Gasteiger partial charge in [-0.3, -0.25) is 0 Å². The lowest BCUT2D eigenvalue weighted by Crippen LogP contribution is -2.26. The number of rotatable bonds is 1. The van der Waals surface area contributed by atoms with Crippen LogP contribution >= 0.6 is 47.2 Å². The van der Waals surface area contributed by atoms with Crippen LogP contribution in [0.1, 0.15) is 24.3 Å². The summed E-state index contributed by atoms with van der Waals surface area (Å²) in [6.07, 6.45) is 2.27. The Kier molecular flexibility index (Phi) is 5.69. The first-order valence-electron chi connectivity index (χ1n) is 5.03. The van der Waals surface area contributed by atoms with E-state index in [1.807, 2.05) is 12.1 Å². The molecule has 0 radical (unpaired) electrons. The summed E-state index contributed by atoms with van der Waals surface area (Å²) in [5.74, 6) is 0.554. The van der Waals surface area contributed by atoms with Gasteiger partial charge in [0.25, 0.3) is 0 Å². The van der Waals surface area contributed by atoms with Gasteiger partial charge in [0.15, 0.2) is 0 Å². The zero-order chi connectivity index (χ0) is 10.8. The smallest absolute Gasteiger partial charge is 0.0778 e. The number of nitrogens with one attached hydrogen (secondary N) is 1. The van der Waals surface area contributed by atoms with Gasteiger partial charge in [-0.15, -0.1) is 12.4 Å². The molecule has 1 nitrogen and oxygen atoms in total. The Morgan fingerprint density at radius 2 is 1.50 bits per heavy atom. The summed E-state index contributed by atoms with van der Waals surface area (Å²) in [6.45, 7) is 2.12. The van der Waals surface area contributed by atoms with Gasteiger partial charge in [-0.25, -0.2) is 0 Å². The fourth-order valence-electron chi connectivity index (χ4n) is 1.97. The van der Waals surface area contributed by atoms with Gasteiger partial charge in [-0.2, -0.15) is 0 Å². The van der Waals surface area contributed by atoms with Crippen molar-refractivity contribution >= 4 is 47.2 Å². The minimum absolute atomic E-state index is 0. The van der Waals surface area contributed by atoms with Crippen molar-refractivity contribution in [2.24, 2.45) is 0 Å². The van der Waals surface area contributed by atoms with Crippen LogP contribution in [0.15, 0.2) is 12.1 Å². The Morgan fingerprint density at radius 3 is 2.00 bits per heavy atom. The van der Waals surface area contributed by atoms with Crippen LogP contribution in [-0.2, 0) is 0 Å². The van der Waals surface area contributed by atoms with E-state index in [9.17, 15) is 0 Å². The van der Waals surface area contributed by atoms with Crippen LogP contribution in [0.4, 0.5) is 0 Å². The molecule has 1 aromatic carbocycles. The Labute approximate surface area is 117 Å². The van der Waals surface area contributed by atoms with Crippen LogP contribution in [0, 0.1) is 0 Å². The van der Waals surface area contributed by atoms with Crippen LogP contribution in [0.3, 0.4) is 0 Å². The largest absolute Gasteiger partial charge is 0.317 e. The maximum absolute atomic E-state index is 6.01. The Hall–Kier alpha value is 0.340. The molecule has 5 heteroatoms. The van der Waals surface area contributed by atoms with Crippen LogP contribution in [0.5, 0.6) is 0 Å². The lowest BCUT2D eigenvalue weighted by atomic mass is 9.90. The number of hydrogen-bond acceptors (Lipinski definition) is 1. The first kappa shape index (κ1) is 14.4. The molecule has 0 bridgehead atoms. The summed E-state index contributed by atoms with van der Waals surface area (Å²) in [4.78, 5) is 0. The maximum atomic E-state index is 6.01. The van der Waals surface area contributed by atoms with Crippen molar-refractivity contribution < 1.29 is 0 Å². The molecule has 1 fully saturated rings. The highest BCUT2D eigenvalue weighted by Crippen LogP contribution is 2.35. The molecule has 1 heterocycles. The summed E-state index contributed by atoms with van der Waals surface area (Å²) in [5, 5.41) is 4.89. The number of piperidine rings is 1. The van der Waals surface area contributed by atoms with E-state index in [1.165, 1.54) is 5.56 Å². The molecule has 2 rings (SSSR count). The van der Waals surface area contributed by atoms with E-state index >= 15 is 0 Å². The molecule has 0 aliphatic carbocycles. The standard InChI is InChI=1S/C11H12Cl3N.ClH/c12-9-5-8(6-10(13)11(9)14)7-1-3-15-4-2-7;/h5-7,15H,1-4H2;1H. The second-order valence-electron chi connectivity index (χ2n) is 3.82. The number of hydrogen-bond donors (Lipinski definition) is 1. The van der Waals surface area contributed by atoms with Gasteiger partial charge in [0.2, 0.25) is 0 Å². The van der Waals surface area contributed by atoms with Gasteiger partial charge in [0, 0.05) is 0 Å². The van der Waals surface area contributed by atoms with Crippen LogP contribution in [-0.4, -0.2) is 13.1 Å². The van der Waals surface area contributed by atoms with Crippen molar-refractivity contribution in [1.82, 2.24) is 5.32 Å². The van der Waals surface area contributed by atoms with Gasteiger partial charge in [-0.1, -0.05) is 34.8 Å². The third-order valence-electron chi connectivity index (χ3n) is 2.82. The van der Waals surface area contributed by atoms with Crippen LogP contribution < -0.4 is 5.32 Å². The molecule has 0 spiro atoms. The molecule has 0 aromatic heterocycles. The highest BCUT2D eigenvalue weighted by atomic mass is 35.5. The third kappa shape index (κ3) is 3.18. The van der Waals surface area contributed by atoms with E-state index in [0.29, 0.717) is 21.0 Å². The van der Waals surface area contributed by atoms with E-state index < -0.39 is 0 Å². The van der Waals surface area contributed by atoms with E-state index in [-0.39, 0.29) is 12.4 Å². The quantitative estimate of drug-likeness (QED) is 0.751. The topological polar surface area (TPSA) is 12.0 Å². The fourth-order valence-corrected chi connectivity index (χ4v) is 2.58. The molecular weight excluding hydrogens is 288 g/mol. The molecule has 90 valence electrons. The van der Waals surface area contributed by atoms with E-state index in [1.54, 1.807) is 0 Å². The summed E-state index contributed by atoms with van der Waals surface area (Å²) >= 11 is 17.9. The van der Waals surface area contributed by atoms with E-state index in [0.717, 1.165) is 25.9 Å². The van der Waals surface area contributed by atoms with Crippen LogP contribution in [0.25, 0.3) is 0 Å². The maximum Gasteiger partial charge on any atom is 0.0778 e. The summed E-state index contributed by atoms with van der Waals surface area (Å²) in [5.41, 5.74) is 1.20. The molecule has 0 atom stereocenters. The SMILES string of the molecule is Cl.Clc1cc(C2CCNCC2)cc(Cl)c1Cl. The summed E-state index contributed by atoms with van der Waals surface area (Å²) in [6, 6.07) is 3.87. The van der Waals surface area contributed by atoms with Gasteiger partial charge >= 0.3 is 0 Å². The number of halogens is 4. The molecule has 16 heavy (non-hydrogen) atoms. The Bertz CT molecular complexity index is 338. The predicted octanol–water partition coefficient (Wildman–Crippen LogP) is 4.54. The molecule has 1 N–H and O–H groups in total. The minimum atomic E-state index is 0. The third-order valence-corrected chi connectivity index (χ3v) is 4.01. The zero-order valence-corrected chi connectivity index (χ0v) is 11.7. The van der Waals surface area contributed by atoms with Gasteiger partial charge < -0.3 is 5.32 Å². The first-order chi connectivity index (χ1) is 7.18. The summed E-state index contributed by atoms with van der Waals surface area (Å²) < 4.78 is 0.